The number of nitrogens with zero attached hydrogens (tertiary/aromatic N) is 3. The summed E-state index contributed by atoms with van der Waals surface area (Å²) in [7, 11) is 0. The standard InChI is InChI=1S/C25H29N3O3S/c1-16(2)19-7-9-21(10-8-19)28-17(3)13-20(18(28)4)14-22-24(30)27(25(31)32-22)15-23(29)26-11-5-6-12-26/h7-10,13-14,16H,5-6,11-12,15H2,1-4H3/b22-14+. The lowest BCUT2D eigenvalue weighted by atomic mass is 10.0. The molecule has 0 spiro atoms. The Morgan fingerprint density at radius 3 is 2.38 bits per heavy atom. The van der Waals surface area contributed by atoms with Crippen molar-refractivity contribution in [1.29, 1.82) is 0 Å². The van der Waals surface area contributed by atoms with Gasteiger partial charge in [0.25, 0.3) is 11.1 Å². The third-order valence-corrected chi connectivity index (χ3v) is 7.11. The Hall–Kier alpha value is -2.80. The normalized spacial score (nSPS) is 18.0. The van der Waals surface area contributed by atoms with Gasteiger partial charge in [0.2, 0.25) is 5.91 Å². The maximum absolute atomic E-state index is 12.9. The number of aromatic nitrogens is 1. The van der Waals surface area contributed by atoms with E-state index in [1.807, 2.05) is 19.9 Å². The van der Waals surface area contributed by atoms with Gasteiger partial charge in [0, 0.05) is 30.2 Å². The van der Waals surface area contributed by atoms with E-state index < -0.39 is 5.91 Å². The summed E-state index contributed by atoms with van der Waals surface area (Å²) in [6.07, 6.45) is 3.72. The van der Waals surface area contributed by atoms with Crippen molar-refractivity contribution in [2.24, 2.45) is 0 Å². The molecule has 0 bridgehead atoms. The summed E-state index contributed by atoms with van der Waals surface area (Å²) >= 11 is 0.904. The first-order chi connectivity index (χ1) is 15.3. The fraction of sp³-hybridized carbons (Fsp3) is 0.400. The van der Waals surface area contributed by atoms with Crippen LogP contribution in [0.3, 0.4) is 0 Å². The Kier molecular flexibility index (Phi) is 6.29. The molecule has 4 rings (SSSR count). The van der Waals surface area contributed by atoms with Crippen molar-refractivity contribution in [2.45, 2.75) is 46.5 Å². The molecule has 0 unspecified atom stereocenters. The topological polar surface area (TPSA) is 62.6 Å². The molecule has 0 saturated carbocycles. The lowest BCUT2D eigenvalue weighted by molar-refractivity contribution is -0.135. The van der Waals surface area contributed by atoms with Crippen LogP contribution in [0.5, 0.6) is 0 Å². The maximum Gasteiger partial charge on any atom is 0.294 e. The Bertz CT molecular complexity index is 1090. The average molecular weight is 452 g/mol. The molecule has 2 fully saturated rings. The van der Waals surface area contributed by atoms with Crippen molar-refractivity contribution >= 4 is 34.9 Å². The summed E-state index contributed by atoms with van der Waals surface area (Å²) < 4.78 is 2.15. The fourth-order valence-electron chi connectivity index (χ4n) is 4.32. The van der Waals surface area contributed by atoms with Gasteiger partial charge in [0.1, 0.15) is 6.54 Å². The average Bonchev–Trinajstić information content (AvgIpc) is 3.45. The van der Waals surface area contributed by atoms with Gasteiger partial charge in [-0.2, -0.15) is 0 Å². The number of hydrogen-bond donors (Lipinski definition) is 0. The molecule has 7 heteroatoms. The zero-order valence-electron chi connectivity index (χ0n) is 19.1. The van der Waals surface area contributed by atoms with Crippen LogP contribution < -0.4 is 0 Å². The Labute approximate surface area is 193 Å². The number of aryl methyl sites for hydroxylation is 1. The minimum atomic E-state index is -0.390. The molecule has 1 aromatic carbocycles. The molecular weight excluding hydrogens is 422 g/mol. The SMILES string of the molecule is Cc1cc(/C=C2/SC(=O)N(CC(=O)N3CCCC3)C2=O)c(C)n1-c1ccc(C(C)C)cc1. The summed E-state index contributed by atoms with van der Waals surface area (Å²) in [5, 5.41) is -0.383. The van der Waals surface area contributed by atoms with Gasteiger partial charge in [-0.1, -0.05) is 26.0 Å². The van der Waals surface area contributed by atoms with Gasteiger partial charge in [0.05, 0.1) is 4.91 Å². The summed E-state index contributed by atoms with van der Waals surface area (Å²) in [4.78, 5) is 40.9. The van der Waals surface area contributed by atoms with Crippen LogP contribution in [0, 0.1) is 13.8 Å². The molecule has 2 aromatic rings. The highest BCUT2D eigenvalue weighted by atomic mass is 32.2. The molecule has 0 atom stereocenters. The van der Waals surface area contributed by atoms with Crippen molar-refractivity contribution in [2.75, 3.05) is 19.6 Å². The molecular formula is C25H29N3O3S. The highest BCUT2D eigenvalue weighted by Crippen LogP contribution is 2.34. The number of benzene rings is 1. The van der Waals surface area contributed by atoms with Gasteiger partial charge < -0.3 is 9.47 Å². The third kappa shape index (κ3) is 4.26. The predicted molar refractivity (Wildman–Crippen MR) is 128 cm³/mol. The molecule has 2 aliphatic heterocycles. The van der Waals surface area contributed by atoms with Crippen molar-refractivity contribution in [3.05, 3.63) is 57.8 Å². The molecule has 3 heterocycles. The lowest BCUT2D eigenvalue weighted by Gasteiger charge is -2.18. The van der Waals surface area contributed by atoms with Crippen LogP contribution >= 0.6 is 11.8 Å². The smallest absolute Gasteiger partial charge is 0.294 e. The minimum Gasteiger partial charge on any atom is -0.341 e. The zero-order chi connectivity index (χ0) is 23.0. The van der Waals surface area contributed by atoms with E-state index >= 15 is 0 Å². The summed E-state index contributed by atoms with van der Waals surface area (Å²) in [5.41, 5.74) is 5.29. The van der Waals surface area contributed by atoms with Gasteiger partial charge in [-0.3, -0.25) is 19.3 Å². The van der Waals surface area contributed by atoms with Crippen LogP contribution in [0.4, 0.5) is 4.79 Å². The number of hydrogen-bond acceptors (Lipinski definition) is 4. The molecule has 1 aromatic heterocycles. The van der Waals surface area contributed by atoms with E-state index in [4.69, 9.17) is 0 Å². The molecule has 6 nitrogen and oxygen atoms in total. The van der Waals surface area contributed by atoms with E-state index in [9.17, 15) is 14.4 Å². The van der Waals surface area contributed by atoms with Crippen LogP contribution in [-0.4, -0.2) is 51.1 Å². The summed E-state index contributed by atoms with van der Waals surface area (Å²) in [6, 6.07) is 10.5. The van der Waals surface area contributed by atoms with Gasteiger partial charge in [-0.05, 0) is 79.8 Å². The molecule has 168 valence electrons. The summed E-state index contributed by atoms with van der Waals surface area (Å²) in [5.74, 6) is -0.0767. The van der Waals surface area contributed by atoms with E-state index in [1.54, 1.807) is 11.0 Å². The number of rotatable bonds is 5. The highest BCUT2D eigenvalue weighted by molar-refractivity contribution is 8.18. The first-order valence-corrected chi connectivity index (χ1v) is 11.9. The Balaban J connectivity index is 1.56. The number of amides is 3. The molecule has 0 radical (unpaired) electrons. The lowest BCUT2D eigenvalue weighted by Crippen LogP contribution is -2.40. The molecule has 2 saturated heterocycles. The van der Waals surface area contributed by atoms with E-state index in [2.05, 4.69) is 42.7 Å². The van der Waals surface area contributed by atoms with Crippen LogP contribution in [0.2, 0.25) is 0 Å². The molecule has 3 amide bonds. The molecule has 0 N–H and O–H groups in total. The first kappa shape index (κ1) is 22.4. The van der Waals surface area contributed by atoms with Crippen LogP contribution in [0.1, 0.15) is 55.1 Å². The number of thioether (sulfide) groups is 1. The summed E-state index contributed by atoms with van der Waals surface area (Å²) in [6.45, 7) is 9.61. The molecule has 0 aliphatic carbocycles. The van der Waals surface area contributed by atoms with Gasteiger partial charge >= 0.3 is 0 Å². The van der Waals surface area contributed by atoms with Crippen LogP contribution in [-0.2, 0) is 9.59 Å². The second-order valence-electron chi connectivity index (χ2n) is 8.76. The van der Waals surface area contributed by atoms with Gasteiger partial charge in [-0.15, -0.1) is 0 Å². The van der Waals surface area contributed by atoms with Crippen molar-refractivity contribution in [1.82, 2.24) is 14.4 Å². The maximum atomic E-state index is 12.9. The van der Waals surface area contributed by atoms with Gasteiger partial charge in [-0.25, -0.2) is 0 Å². The predicted octanol–water partition coefficient (Wildman–Crippen LogP) is 4.88. The minimum absolute atomic E-state index is 0.158. The van der Waals surface area contributed by atoms with Crippen molar-refractivity contribution in [3.8, 4) is 5.69 Å². The van der Waals surface area contributed by atoms with Crippen molar-refractivity contribution in [3.63, 3.8) is 0 Å². The largest absolute Gasteiger partial charge is 0.341 e. The van der Waals surface area contributed by atoms with Gasteiger partial charge in [0.15, 0.2) is 0 Å². The van der Waals surface area contributed by atoms with E-state index in [0.29, 0.717) is 23.9 Å². The fourth-order valence-corrected chi connectivity index (χ4v) is 5.15. The van der Waals surface area contributed by atoms with E-state index in [0.717, 1.165) is 52.1 Å². The zero-order valence-corrected chi connectivity index (χ0v) is 19.9. The van der Waals surface area contributed by atoms with E-state index in [-0.39, 0.29) is 17.7 Å². The highest BCUT2D eigenvalue weighted by Gasteiger charge is 2.37. The third-order valence-electron chi connectivity index (χ3n) is 6.20. The number of carbonyl (C=O) groups is 3. The van der Waals surface area contributed by atoms with Crippen LogP contribution in [0.25, 0.3) is 11.8 Å². The number of imide groups is 1. The van der Waals surface area contributed by atoms with E-state index in [1.165, 1.54) is 5.56 Å². The molecule has 2 aliphatic rings. The number of carbonyl (C=O) groups excluding carboxylic acids is 3. The second kappa shape index (κ2) is 8.98. The number of likely N-dealkylation sites (tertiary alicyclic amines) is 1. The second-order valence-corrected chi connectivity index (χ2v) is 9.76. The van der Waals surface area contributed by atoms with Crippen LogP contribution in [0.15, 0.2) is 35.2 Å². The molecule has 32 heavy (non-hydrogen) atoms. The van der Waals surface area contributed by atoms with Crippen molar-refractivity contribution < 1.29 is 14.4 Å². The first-order valence-electron chi connectivity index (χ1n) is 11.1. The Morgan fingerprint density at radius 2 is 1.75 bits per heavy atom. The monoisotopic (exact) mass is 451 g/mol. The Morgan fingerprint density at radius 1 is 1.09 bits per heavy atom. The quantitative estimate of drug-likeness (QED) is 0.608.